The van der Waals surface area contributed by atoms with Crippen molar-refractivity contribution in [3.05, 3.63) is 70.8 Å². The third-order valence-electron chi connectivity index (χ3n) is 5.13. The average Bonchev–Trinajstić information content (AvgIpc) is 2.74. The van der Waals surface area contributed by atoms with Gasteiger partial charge in [-0.1, -0.05) is 48.9 Å². The quantitative estimate of drug-likeness (QED) is 0.447. The van der Waals surface area contributed by atoms with Crippen molar-refractivity contribution in [2.75, 3.05) is 19.7 Å². The molecule has 2 aromatic carbocycles. The number of hydrogen-bond acceptors (Lipinski definition) is 4. The van der Waals surface area contributed by atoms with Crippen LogP contribution >= 0.6 is 0 Å². The number of nitrogens with one attached hydrogen (secondary N) is 1. The van der Waals surface area contributed by atoms with Gasteiger partial charge in [-0.15, -0.1) is 0 Å². The van der Waals surface area contributed by atoms with Crippen LogP contribution in [-0.2, 0) is 22.5 Å². The molecule has 5 heteroatoms. The van der Waals surface area contributed by atoms with Gasteiger partial charge in [-0.05, 0) is 57.0 Å². The molecule has 0 spiro atoms. The Hall–Kier alpha value is -2.66. The average molecular weight is 411 g/mol. The van der Waals surface area contributed by atoms with Gasteiger partial charge in [0.25, 0.3) is 0 Å². The topological polar surface area (TPSA) is 58.6 Å². The van der Waals surface area contributed by atoms with E-state index in [1.54, 1.807) is 12.1 Å². The second-order valence-corrected chi connectivity index (χ2v) is 7.83. The lowest BCUT2D eigenvalue weighted by Gasteiger charge is -2.24. The first-order chi connectivity index (χ1) is 14.4. The molecule has 0 atom stereocenters. The van der Waals surface area contributed by atoms with Crippen molar-refractivity contribution in [3.8, 4) is 0 Å². The number of carbonyl (C=O) groups is 2. The SMILES string of the molecule is CCN(Cc1ccc(C(=O)OCCNC(=O)CCc2ccc(C)cc2)cc1)C(C)C. The van der Waals surface area contributed by atoms with Crippen LogP contribution in [0.15, 0.2) is 48.5 Å². The molecule has 0 saturated carbocycles. The van der Waals surface area contributed by atoms with Crippen molar-refractivity contribution >= 4 is 11.9 Å². The molecular formula is C25H34N2O3. The molecule has 0 aliphatic rings. The highest BCUT2D eigenvalue weighted by atomic mass is 16.5. The summed E-state index contributed by atoms with van der Waals surface area (Å²) in [7, 11) is 0. The molecule has 0 heterocycles. The molecular weight excluding hydrogens is 376 g/mol. The van der Waals surface area contributed by atoms with E-state index in [0.29, 0.717) is 31.0 Å². The molecule has 0 unspecified atom stereocenters. The first-order valence-electron chi connectivity index (χ1n) is 10.7. The van der Waals surface area contributed by atoms with Crippen LogP contribution in [-0.4, -0.2) is 42.5 Å². The second kappa shape index (κ2) is 12.1. The van der Waals surface area contributed by atoms with Gasteiger partial charge in [0.1, 0.15) is 6.61 Å². The van der Waals surface area contributed by atoms with Crippen molar-refractivity contribution in [2.45, 2.75) is 53.1 Å². The predicted octanol–water partition coefficient (Wildman–Crippen LogP) is 4.13. The summed E-state index contributed by atoms with van der Waals surface area (Å²) >= 11 is 0. The van der Waals surface area contributed by atoms with Gasteiger partial charge in [0.05, 0.1) is 12.1 Å². The Bertz CT molecular complexity index is 798. The second-order valence-electron chi connectivity index (χ2n) is 7.83. The predicted molar refractivity (Wildman–Crippen MR) is 120 cm³/mol. The van der Waals surface area contributed by atoms with Crippen molar-refractivity contribution in [1.82, 2.24) is 10.2 Å². The number of aryl methyl sites for hydroxylation is 2. The highest BCUT2D eigenvalue weighted by Crippen LogP contribution is 2.11. The van der Waals surface area contributed by atoms with Gasteiger partial charge < -0.3 is 10.1 Å². The van der Waals surface area contributed by atoms with Crippen LogP contribution in [0.3, 0.4) is 0 Å². The summed E-state index contributed by atoms with van der Waals surface area (Å²) in [6.45, 7) is 10.9. The molecule has 5 nitrogen and oxygen atoms in total. The highest BCUT2D eigenvalue weighted by Gasteiger charge is 2.10. The molecule has 1 amide bonds. The zero-order valence-electron chi connectivity index (χ0n) is 18.6. The Labute approximate surface area is 180 Å². The van der Waals surface area contributed by atoms with E-state index in [1.807, 2.05) is 43.3 Å². The monoisotopic (exact) mass is 410 g/mol. The maximum atomic E-state index is 12.2. The maximum Gasteiger partial charge on any atom is 0.338 e. The first-order valence-corrected chi connectivity index (χ1v) is 10.7. The maximum absolute atomic E-state index is 12.2. The van der Waals surface area contributed by atoms with Crippen molar-refractivity contribution in [3.63, 3.8) is 0 Å². The van der Waals surface area contributed by atoms with Gasteiger partial charge in [0.2, 0.25) is 5.91 Å². The van der Waals surface area contributed by atoms with E-state index in [0.717, 1.165) is 18.7 Å². The normalized spacial score (nSPS) is 11.0. The van der Waals surface area contributed by atoms with E-state index in [2.05, 4.69) is 31.0 Å². The minimum Gasteiger partial charge on any atom is -0.460 e. The van der Waals surface area contributed by atoms with Crippen LogP contribution in [0.25, 0.3) is 0 Å². The van der Waals surface area contributed by atoms with Gasteiger partial charge in [0.15, 0.2) is 0 Å². The summed E-state index contributed by atoms with van der Waals surface area (Å²) in [5.74, 6) is -0.409. The van der Waals surface area contributed by atoms with Crippen LogP contribution < -0.4 is 5.32 Å². The Kier molecular flexibility index (Phi) is 9.55. The Balaban J connectivity index is 1.67. The van der Waals surface area contributed by atoms with Gasteiger partial charge in [-0.25, -0.2) is 4.79 Å². The highest BCUT2D eigenvalue weighted by molar-refractivity contribution is 5.89. The van der Waals surface area contributed by atoms with E-state index >= 15 is 0 Å². The summed E-state index contributed by atoms with van der Waals surface area (Å²) in [6, 6.07) is 16.2. The molecule has 0 bridgehead atoms. The number of benzene rings is 2. The van der Waals surface area contributed by atoms with Crippen LogP contribution in [0.5, 0.6) is 0 Å². The third-order valence-corrected chi connectivity index (χ3v) is 5.13. The van der Waals surface area contributed by atoms with Crippen LogP contribution in [0.4, 0.5) is 0 Å². The minimum atomic E-state index is -0.369. The molecule has 0 fully saturated rings. The van der Waals surface area contributed by atoms with Gasteiger partial charge in [-0.3, -0.25) is 9.69 Å². The zero-order chi connectivity index (χ0) is 21.9. The molecule has 0 aliphatic carbocycles. The minimum absolute atomic E-state index is 0.0402. The summed E-state index contributed by atoms with van der Waals surface area (Å²) < 4.78 is 5.27. The fraction of sp³-hybridized carbons (Fsp3) is 0.440. The van der Waals surface area contributed by atoms with Crippen LogP contribution in [0.1, 0.15) is 54.2 Å². The lowest BCUT2D eigenvalue weighted by molar-refractivity contribution is -0.121. The summed E-state index contributed by atoms with van der Waals surface area (Å²) in [6.07, 6.45) is 1.12. The zero-order valence-corrected chi connectivity index (χ0v) is 18.6. The summed E-state index contributed by atoms with van der Waals surface area (Å²) in [4.78, 5) is 26.5. The Morgan fingerprint density at radius 2 is 1.63 bits per heavy atom. The summed E-state index contributed by atoms with van der Waals surface area (Å²) in [5, 5.41) is 2.80. The number of rotatable bonds is 11. The van der Waals surface area contributed by atoms with Crippen molar-refractivity contribution < 1.29 is 14.3 Å². The fourth-order valence-electron chi connectivity index (χ4n) is 3.16. The number of hydrogen-bond donors (Lipinski definition) is 1. The van der Waals surface area contributed by atoms with E-state index in [4.69, 9.17) is 4.74 Å². The van der Waals surface area contributed by atoms with Gasteiger partial charge >= 0.3 is 5.97 Å². The lowest BCUT2D eigenvalue weighted by Crippen LogP contribution is -2.29. The molecule has 2 aromatic rings. The Morgan fingerprint density at radius 3 is 2.23 bits per heavy atom. The standard InChI is InChI=1S/C25H34N2O3/c1-5-27(19(2)3)18-22-10-13-23(14-11-22)25(29)30-17-16-26-24(28)15-12-21-8-6-20(4)7-9-21/h6-11,13-14,19H,5,12,15-18H2,1-4H3,(H,26,28). The van der Waals surface area contributed by atoms with Gasteiger partial charge in [-0.2, -0.15) is 0 Å². The molecule has 30 heavy (non-hydrogen) atoms. The molecule has 2 rings (SSSR count). The number of amides is 1. The first kappa shape index (κ1) is 23.6. The fourth-order valence-corrected chi connectivity index (χ4v) is 3.16. The molecule has 162 valence electrons. The molecule has 0 radical (unpaired) electrons. The molecule has 0 saturated heterocycles. The van der Waals surface area contributed by atoms with Crippen molar-refractivity contribution in [2.24, 2.45) is 0 Å². The van der Waals surface area contributed by atoms with Crippen LogP contribution in [0.2, 0.25) is 0 Å². The van der Waals surface area contributed by atoms with E-state index in [1.165, 1.54) is 11.1 Å². The Morgan fingerprint density at radius 1 is 1.00 bits per heavy atom. The van der Waals surface area contributed by atoms with Crippen molar-refractivity contribution in [1.29, 1.82) is 0 Å². The number of ether oxygens (including phenoxy) is 1. The largest absolute Gasteiger partial charge is 0.460 e. The van der Waals surface area contributed by atoms with E-state index < -0.39 is 0 Å². The van der Waals surface area contributed by atoms with Crippen LogP contribution in [0, 0.1) is 6.92 Å². The number of nitrogens with zero attached hydrogens (tertiary/aromatic N) is 1. The molecule has 1 N–H and O–H groups in total. The molecule has 0 aromatic heterocycles. The van der Waals surface area contributed by atoms with E-state index in [-0.39, 0.29) is 18.5 Å². The number of esters is 1. The number of carbonyl (C=O) groups excluding carboxylic acids is 2. The van der Waals surface area contributed by atoms with Gasteiger partial charge in [0, 0.05) is 19.0 Å². The van der Waals surface area contributed by atoms with E-state index in [9.17, 15) is 9.59 Å². The summed E-state index contributed by atoms with van der Waals surface area (Å²) in [5.41, 5.74) is 4.04. The smallest absolute Gasteiger partial charge is 0.338 e. The molecule has 0 aliphatic heterocycles. The lowest BCUT2D eigenvalue weighted by atomic mass is 10.1. The third kappa shape index (κ3) is 7.99.